The first-order valence-electron chi connectivity index (χ1n) is 8.22. The molecule has 1 saturated carbocycles. The fourth-order valence-electron chi connectivity index (χ4n) is 2.86. The number of rotatable bonds is 5. The summed E-state index contributed by atoms with van der Waals surface area (Å²) in [6, 6.07) is 9.45. The second kappa shape index (κ2) is 6.49. The Hall–Kier alpha value is -2.80. The number of carboxylic acid groups (broad SMARTS) is 1. The molecule has 1 amide bonds. The molecular weight excluding hydrogens is 355 g/mol. The van der Waals surface area contributed by atoms with Gasteiger partial charge in [-0.25, -0.2) is 9.18 Å². The topological polar surface area (TPSA) is 79.3 Å². The van der Waals surface area contributed by atoms with Gasteiger partial charge in [-0.1, -0.05) is 6.07 Å². The number of carbonyl (C=O) groups excluding carboxylic acids is 1. The third-order valence-corrected chi connectivity index (χ3v) is 5.44. The summed E-state index contributed by atoms with van der Waals surface area (Å²) < 4.78 is 14.5. The van der Waals surface area contributed by atoms with Crippen molar-refractivity contribution < 1.29 is 19.1 Å². The van der Waals surface area contributed by atoms with Crippen LogP contribution in [0.2, 0.25) is 0 Å². The van der Waals surface area contributed by atoms with E-state index in [4.69, 9.17) is 0 Å². The molecule has 0 saturated heterocycles. The highest BCUT2D eigenvalue weighted by molar-refractivity contribution is 7.20. The lowest BCUT2D eigenvalue weighted by Gasteiger charge is -2.08. The number of aromatic carboxylic acids is 1. The van der Waals surface area contributed by atoms with Crippen molar-refractivity contribution in [2.45, 2.75) is 25.3 Å². The molecule has 2 heterocycles. The highest BCUT2D eigenvalue weighted by Crippen LogP contribution is 2.40. The third kappa shape index (κ3) is 3.17. The first-order valence-corrected chi connectivity index (χ1v) is 9.04. The molecule has 0 aliphatic heterocycles. The lowest BCUT2D eigenvalue weighted by Crippen LogP contribution is -2.22. The molecule has 1 fully saturated rings. The number of carboxylic acids is 1. The maximum absolute atomic E-state index is 13.8. The minimum Gasteiger partial charge on any atom is -0.478 e. The van der Waals surface area contributed by atoms with E-state index >= 15 is 0 Å². The van der Waals surface area contributed by atoms with E-state index in [0.29, 0.717) is 21.7 Å². The monoisotopic (exact) mass is 370 g/mol. The van der Waals surface area contributed by atoms with Crippen LogP contribution in [0.25, 0.3) is 10.1 Å². The number of thiophene rings is 1. The molecule has 5 nitrogen and oxygen atoms in total. The van der Waals surface area contributed by atoms with Gasteiger partial charge in [-0.3, -0.25) is 9.78 Å². The van der Waals surface area contributed by atoms with Crippen LogP contribution < -0.4 is 5.32 Å². The average molecular weight is 370 g/mol. The van der Waals surface area contributed by atoms with Gasteiger partial charge >= 0.3 is 5.97 Å². The van der Waals surface area contributed by atoms with Crippen molar-refractivity contribution >= 4 is 33.3 Å². The molecule has 0 unspecified atom stereocenters. The van der Waals surface area contributed by atoms with Gasteiger partial charge in [0, 0.05) is 16.0 Å². The molecule has 2 aromatic heterocycles. The number of pyridine rings is 1. The van der Waals surface area contributed by atoms with Gasteiger partial charge < -0.3 is 10.4 Å². The fourth-order valence-corrected chi connectivity index (χ4v) is 3.85. The molecule has 0 radical (unpaired) electrons. The summed E-state index contributed by atoms with van der Waals surface area (Å²) in [6.07, 6.45) is 1.88. The average Bonchev–Trinajstić information content (AvgIpc) is 3.38. The predicted molar refractivity (Wildman–Crippen MR) is 96.1 cm³/mol. The molecule has 0 bridgehead atoms. The van der Waals surface area contributed by atoms with E-state index in [0.717, 1.165) is 17.5 Å². The van der Waals surface area contributed by atoms with Crippen LogP contribution in [0.5, 0.6) is 0 Å². The maximum Gasteiger partial charge on any atom is 0.337 e. The first kappa shape index (κ1) is 16.7. The molecule has 1 aliphatic carbocycles. The number of benzene rings is 1. The minimum atomic E-state index is -0.984. The minimum absolute atomic E-state index is 0.190. The van der Waals surface area contributed by atoms with Gasteiger partial charge in [0.05, 0.1) is 28.4 Å². The molecule has 4 rings (SSSR count). The van der Waals surface area contributed by atoms with Gasteiger partial charge in [0.25, 0.3) is 5.91 Å². The van der Waals surface area contributed by atoms with Gasteiger partial charge in [-0.2, -0.15) is 0 Å². The quantitative estimate of drug-likeness (QED) is 0.713. The molecule has 1 aromatic carbocycles. The Morgan fingerprint density at radius 1 is 1.27 bits per heavy atom. The summed E-state index contributed by atoms with van der Waals surface area (Å²) in [5, 5.41) is 12.5. The number of aromatic nitrogens is 1. The van der Waals surface area contributed by atoms with Crippen LogP contribution in [0, 0.1) is 5.82 Å². The normalized spacial score (nSPS) is 13.7. The molecule has 7 heteroatoms. The lowest BCUT2D eigenvalue weighted by atomic mass is 10.1. The van der Waals surface area contributed by atoms with Crippen LogP contribution >= 0.6 is 11.3 Å². The van der Waals surface area contributed by atoms with E-state index in [9.17, 15) is 19.1 Å². The van der Waals surface area contributed by atoms with Crippen molar-refractivity contribution in [3.8, 4) is 0 Å². The van der Waals surface area contributed by atoms with Gasteiger partial charge in [0.2, 0.25) is 0 Å². The summed E-state index contributed by atoms with van der Waals surface area (Å²) in [5.74, 6) is -1.44. The highest BCUT2D eigenvalue weighted by atomic mass is 32.1. The Morgan fingerprint density at radius 3 is 2.77 bits per heavy atom. The number of fused-ring (bicyclic) bond motifs is 1. The molecule has 2 N–H and O–H groups in total. The molecule has 1 aliphatic rings. The Labute approximate surface area is 152 Å². The largest absolute Gasteiger partial charge is 0.478 e. The predicted octanol–water partition coefficient (Wildman–Crippen LogP) is 3.94. The number of carbonyl (C=O) groups is 2. The summed E-state index contributed by atoms with van der Waals surface area (Å²) in [7, 11) is 0. The van der Waals surface area contributed by atoms with Gasteiger partial charge in [-0.05, 0) is 43.2 Å². The van der Waals surface area contributed by atoms with E-state index in [1.165, 1.54) is 17.4 Å². The lowest BCUT2D eigenvalue weighted by molar-refractivity contribution is 0.0694. The van der Waals surface area contributed by atoms with E-state index in [2.05, 4.69) is 10.3 Å². The molecule has 0 atom stereocenters. The number of nitrogens with zero attached hydrogens (tertiary/aromatic N) is 1. The van der Waals surface area contributed by atoms with Crippen LogP contribution in [0.15, 0.2) is 36.4 Å². The zero-order valence-corrected chi connectivity index (χ0v) is 14.5. The van der Waals surface area contributed by atoms with Crippen LogP contribution in [0.1, 0.15) is 50.2 Å². The highest BCUT2D eigenvalue weighted by Gasteiger charge is 2.29. The van der Waals surface area contributed by atoms with Crippen molar-refractivity contribution in [1.82, 2.24) is 10.3 Å². The number of halogens is 1. The molecule has 0 spiro atoms. The van der Waals surface area contributed by atoms with Crippen LogP contribution in [0.3, 0.4) is 0 Å². The molecule has 26 heavy (non-hydrogen) atoms. The zero-order chi connectivity index (χ0) is 18.3. The summed E-state index contributed by atoms with van der Waals surface area (Å²) in [5.41, 5.74) is 1.42. The van der Waals surface area contributed by atoms with E-state index < -0.39 is 5.97 Å². The molecule has 3 aromatic rings. The maximum atomic E-state index is 13.8. The van der Waals surface area contributed by atoms with Crippen LogP contribution in [0.4, 0.5) is 4.39 Å². The summed E-state index contributed by atoms with van der Waals surface area (Å²) in [4.78, 5) is 28.5. The Morgan fingerprint density at radius 2 is 2.08 bits per heavy atom. The zero-order valence-electron chi connectivity index (χ0n) is 13.7. The Kier molecular flexibility index (Phi) is 4.16. The second-order valence-corrected chi connectivity index (χ2v) is 7.34. The van der Waals surface area contributed by atoms with Crippen molar-refractivity contribution in [3.05, 3.63) is 64.0 Å². The van der Waals surface area contributed by atoms with E-state index in [1.807, 2.05) is 0 Å². The second-order valence-electron chi connectivity index (χ2n) is 6.26. The number of hydrogen-bond donors (Lipinski definition) is 2. The number of nitrogens with one attached hydrogen (secondary N) is 1. The Bertz CT molecular complexity index is 1030. The molecular formula is C19H15FN2O3S. The summed E-state index contributed by atoms with van der Waals surface area (Å²) >= 11 is 1.23. The van der Waals surface area contributed by atoms with Crippen molar-refractivity contribution in [3.63, 3.8) is 0 Å². The number of hydrogen-bond acceptors (Lipinski definition) is 4. The standard InChI is InChI=1S/C19H15FN2O3S/c20-14-2-1-3-15-13(14)8-16(26-15)18(23)21-9-11-6-7-12(19(24)25)17(22-11)10-4-5-10/h1-3,6-8,10H,4-5,9H2,(H,21,23)(H,24,25). The van der Waals surface area contributed by atoms with Gasteiger partial charge in [0.1, 0.15) is 5.82 Å². The third-order valence-electron chi connectivity index (χ3n) is 4.34. The first-order chi connectivity index (χ1) is 12.5. The van der Waals surface area contributed by atoms with Gasteiger partial charge in [-0.15, -0.1) is 11.3 Å². The van der Waals surface area contributed by atoms with Crippen molar-refractivity contribution in [2.24, 2.45) is 0 Å². The van der Waals surface area contributed by atoms with Crippen LogP contribution in [-0.4, -0.2) is 22.0 Å². The van der Waals surface area contributed by atoms with E-state index in [1.54, 1.807) is 30.3 Å². The smallest absolute Gasteiger partial charge is 0.337 e. The van der Waals surface area contributed by atoms with Crippen molar-refractivity contribution in [1.29, 1.82) is 0 Å². The number of amides is 1. The van der Waals surface area contributed by atoms with Crippen molar-refractivity contribution in [2.75, 3.05) is 0 Å². The molecule has 132 valence electrons. The van der Waals surface area contributed by atoms with Crippen LogP contribution in [-0.2, 0) is 6.54 Å². The van der Waals surface area contributed by atoms with E-state index in [-0.39, 0.29) is 29.8 Å². The van der Waals surface area contributed by atoms with Gasteiger partial charge in [0.15, 0.2) is 0 Å². The Balaban J connectivity index is 1.51. The summed E-state index contributed by atoms with van der Waals surface area (Å²) in [6.45, 7) is 0.190. The fraction of sp³-hybridized carbons (Fsp3) is 0.211. The SMILES string of the molecule is O=C(NCc1ccc(C(=O)O)c(C2CC2)n1)c1cc2c(F)cccc2s1.